The van der Waals surface area contributed by atoms with E-state index in [4.69, 9.17) is 0 Å². The predicted octanol–water partition coefficient (Wildman–Crippen LogP) is 4.19. The van der Waals surface area contributed by atoms with Gasteiger partial charge in [-0.25, -0.2) is 0 Å². The molecule has 0 radical (unpaired) electrons. The molecule has 0 saturated heterocycles. The van der Waals surface area contributed by atoms with Crippen molar-refractivity contribution in [2.45, 2.75) is 39.2 Å². The lowest BCUT2D eigenvalue weighted by atomic mass is 9.92. The van der Waals surface area contributed by atoms with Gasteiger partial charge in [0, 0.05) is 17.8 Å². The van der Waals surface area contributed by atoms with Crippen molar-refractivity contribution in [1.82, 2.24) is 0 Å². The van der Waals surface area contributed by atoms with E-state index < -0.39 is 0 Å². The van der Waals surface area contributed by atoms with Gasteiger partial charge in [-0.3, -0.25) is 10.1 Å². The Morgan fingerprint density at radius 1 is 1.50 bits per heavy atom. The summed E-state index contributed by atoms with van der Waals surface area (Å²) in [6.07, 6.45) is 3.55. The number of rotatable bonds is 3. The molecule has 0 aromatic heterocycles. The number of hydrogen-bond acceptors (Lipinski definition) is 3. The molecular weight excluding hydrogens is 343 g/mol. The van der Waals surface area contributed by atoms with Gasteiger partial charge in [-0.2, -0.15) is 0 Å². The Labute approximate surface area is 120 Å². The quantitative estimate of drug-likeness (QED) is 0.500. The molecule has 1 aliphatic carbocycles. The van der Waals surface area contributed by atoms with Gasteiger partial charge in [0.15, 0.2) is 0 Å². The molecule has 0 spiro atoms. The molecule has 1 unspecified atom stereocenters. The largest absolute Gasteiger partial charge is 0.382 e. The fourth-order valence-electron chi connectivity index (χ4n) is 2.54. The number of nitrogens with zero attached hydrogens (tertiary/aromatic N) is 1. The second-order valence-corrected chi connectivity index (χ2v) is 6.83. The molecule has 1 aromatic rings. The van der Waals surface area contributed by atoms with Crippen LogP contribution in [0.1, 0.15) is 33.1 Å². The van der Waals surface area contributed by atoms with E-state index in [2.05, 4.69) is 19.2 Å². The maximum Gasteiger partial charge on any atom is 0.282 e. The summed E-state index contributed by atoms with van der Waals surface area (Å²) in [6.45, 7) is 4.57. The zero-order valence-corrected chi connectivity index (χ0v) is 12.7. The number of nitrogens with one attached hydrogen (secondary N) is 1. The minimum absolute atomic E-state index is 0.174. The Morgan fingerprint density at radius 2 is 2.22 bits per heavy atom. The molecule has 1 aliphatic rings. The van der Waals surface area contributed by atoms with Crippen LogP contribution in [0.15, 0.2) is 18.2 Å². The fourth-order valence-corrected chi connectivity index (χ4v) is 3.25. The molecule has 1 aromatic carbocycles. The highest BCUT2D eigenvalue weighted by Crippen LogP contribution is 2.38. The van der Waals surface area contributed by atoms with Gasteiger partial charge in [0.2, 0.25) is 0 Å². The Balaban J connectivity index is 2.07. The molecule has 1 atom stereocenters. The molecule has 1 saturated carbocycles. The highest BCUT2D eigenvalue weighted by Gasteiger charge is 2.30. The number of anilines is 1. The SMILES string of the molecule is CC1(C)CCC(Nc2ccc([N+](=O)[O-])c(I)c2)C1. The Bertz CT molecular complexity index is 474. The van der Waals surface area contributed by atoms with Crippen LogP contribution in [0.3, 0.4) is 0 Å². The maximum absolute atomic E-state index is 10.7. The summed E-state index contributed by atoms with van der Waals surface area (Å²) >= 11 is 2.01. The lowest BCUT2D eigenvalue weighted by molar-refractivity contribution is -0.385. The van der Waals surface area contributed by atoms with Gasteiger partial charge < -0.3 is 5.32 Å². The van der Waals surface area contributed by atoms with Crippen molar-refractivity contribution in [3.63, 3.8) is 0 Å². The highest BCUT2D eigenvalue weighted by molar-refractivity contribution is 14.1. The van der Waals surface area contributed by atoms with Crippen molar-refractivity contribution in [2.24, 2.45) is 5.41 Å². The number of nitro benzene ring substituents is 1. The third-order valence-corrected chi connectivity index (χ3v) is 4.35. The van der Waals surface area contributed by atoms with Crippen LogP contribution in [0.5, 0.6) is 0 Å². The van der Waals surface area contributed by atoms with Gasteiger partial charge in [-0.15, -0.1) is 0 Å². The molecule has 0 heterocycles. The molecule has 2 rings (SSSR count). The van der Waals surface area contributed by atoms with Gasteiger partial charge >= 0.3 is 0 Å². The second-order valence-electron chi connectivity index (χ2n) is 5.67. The zero-order valence-electron chi connectivity index (χ0n) is 10.6. The van der Waals surface area contributed by atoms with E-state index >= 15 is 0 Å². The average molecular weight is 360 g/mol. The van der Waals surface area contributed by atoms with Crippen LogP contribution < -0.4 is 5.32 Å². The number of nitro groups is 1. The van der Waals surface area contributed by atoms with Crippen LogP contribution in [0.25, 0.3) is 0 Å². The van der Waals surface area contributed by atoms with Gasteiger partial charge in [0.1, 0.15) is 0 Å². The van der Waals surface area contributed by atoms with Crippen LogP contribution in [0.4, 0.5) is 11.4 Å². The lowest BCUT2D eigenvalue weighted by Crippen LogP contribution is -2.17. The average Bonchev–Trinajstić information content (AvgIpc) is 2.57. The maximum atomic E-state index is 10.7. The molecule has 0 amide bonds. The van der Waals surface area contributed by atoms with Crippen LogP contribution >= 0.6 is 22.6 Å². The first-order valence-corrected chi connectivity index (χ1v) is 7.16. The van der Waals surface area contributed by atoms with Gasteiger partial charge in [0.25, 0.3) is 5.69 Å². The number of benzene rings is 1. The smallest absolute Gasteiger partial charge is 0.282 e. The normalized spacial score (nSPS) is 21.8. The minimum atomic E-state index is -0.343. The first-order chi connectivity index (χ1) is 8.37. The van der Waals surface area contributed by atoms with Crippen molar-refractivity contribution in [3.8, 4) is 0 Å². The second kappa shape index (κ2) is 5.03. The van der Waals surface area contributed by atoms with Crippen molar-refractivity contribution in [2.75, 3.05) is 5.32 Å². The van der Waals surface area contributed by atoms with E-state index in [1.54, 1.807) is 12.1 Å². The first kappa shape index (κ1) is 13.6. The fraction of sp³-hybridized carbons (Fsp3) is 0.538. The zero-order chi connectivity index (χ0) is 13.3. The summed E-state index contributed by atoms with van der Waals surface area (Å²) < 4.78 is 0.680. The van der Waals surface area contributed by atoms with Crippen LogP contribution in [0.2, 0.25) is 0 Å². The van der Waals surface area contributed by atoms with Gasteiger partial charge in [-0.1, -0.05) is 13.8 Å². The highest BCUT2D eigenvalue weighted by atomic mass is 127. The summed E-state index contributed by atoms with van der Waals surface area (Å²) in [4.78, 5) is 10.4. The van der Waals surface area contributed by atoms with Crippen molar-refractivity contribution in [3.05, 3.63) is 31.9 Å². The van der Waals surface area contributed by atoms with Crippen molar-refractivity contribution < 1.29 is 4.92 Å². The van der Waals surface area contributed by atoms with Crippen molar-refractivity contribution in [1.29, 1.82) is 0 Å². The Kier molecular flexibility index (Phi) is 3.79. The summed E-state index contributed by atoms with van der Waals surface area (Å²) in [7, 11) is 0. The number of halogens is 1. The molecule has 1 fully saturated rings. The molecule has 4 nitrogen and oxygen atoms in total. The van der Waals surface area contributed by atoms with E-state index in [1.807, 2.05) is 28.7 Å². The van der Waals surface area contributed by atoms with Gasteiger partial charge in [-0.05, 0) is 59.4 Å². The molecule has 5 heteroatoms. The molecule has 0 aliphatic heterocycles. The standard InChI is InChI=1S/C13H17IN2O2/c1-13(2)6-5-10(8-13)15-9-3-4-12(16(17)18)11(14)7-9/h3-4,7,10,15H,5-6,8H2,1-2H3. The Morgan fingerprint density at radius 3 is 2.72 bits per heavy atom. The lowest BCUT2D eigenvalue weighted by Gasteiger charge is -2.18. The van der Waals surface area contributed by atoms with Crippen LogP contribution in [-0.4, -0.2) is 11.0 Å². The first-order valence-electron chi connectivity index (χ1n) is 6.08. The van der Waals surface area contributed by atoms with E-state index in [1.165, 1.54) is 12.8 Å². The molecule has 18 heavy (non-hydrogen) atoms. The van der Waals surface area contributed by atoms with Crippen LogP contribution in [-0.2, 0) is 0 Å². The summed E-state index contributed by atoms with van der Waals surface area (Å²) in [5.41, 5.74) is 1.56. The van der Waals surface area contributed by atoms with Gasteiger partial charge in [0.05, 0.1) is 8.49 Å². The third kappa shape index (κ3) is 3.13. The third-order valence-electron chi connectivity index (χ3n) is 3.48. The van der Waals surface area contributed by atoms with Crippen LogP contribution in [0, 0.1) is 19.1 Å². The molecule has 0 bridgehead atoms. The Hall–Kier alpha value is -0.850. The number of hydrogen-bond donors (Lipinski definition) is 1. The summed E-state index contributed by atoms with van der Waals surface area (Å²) in [5, 5.41) is 14.2. The van der Waals surface area contributed by atoms with E-state index in [0.717, 1.165) is 12.1 Å². The van der Waals surface area contributed by atoms with E-state index in [0.29, 0.717) is 15.0 Å². The monoisotopic (exact) mass is 360 g/mol. The predicted molar refractivity (Wildman–Crippen MR) is 80.9 cm³/mol. The minimum Gasteiger partial charge on any atom is -0.382 e. The molecule has 98 valence electrons. The molecule has 1 N–H and O–H groups in total. The van der Waals surface area contributed by atoms with Crippen molar-refractivity contribution >= 4 is 34.0 Å². The van der Waals surface area contributed by atoms with E-state index in [-0.39, 0.29) is 10.6 Å². The summed E-state index contributed by atoms with van der Waals surface area (Å²) in [5.74, 6) is 0. The van der Waals surface area contributed by atoms with E-state index in [9.17, 15) is 10.1 Å². The topological polar surface area (TPSA) is 55.2 Å². The summed E-state index contributed by atoms with van der Waals surface area (Å²) in [6, 6.07) is 5.71. The molecular formula is C13H17IN2O2.